The van der Waals surface area contributed by atoms with Gasteiger partial charge in [0.25, 0.3) is 11.8 Å². The van der Waals surface area contributed by atoms with Gasteiger partial charge in [0.2, 0.25) is 0 Å². The van der Waals surface area contributed by atoms with Crippen LogP contribution < -0.4 is 5.32 Å². The van der Waals surface area contributed by atoms with E-state index in [1.807, 2.05) is 20.0 Å². The number of nitrogens with one attached hydrogen (secondary N) is 1. The van der Waals surface area contributed by atoms with Crippen molar-refractivity contribution in [3.05, 3.63) is 51.4 Å². The van der Waals surface area contributed by atoms with Crippen LogP contribution in [0.15, 0.2) is 30.3 Å². The molecule has 0 aliphatic carbocycles. The van der Waals surface area contributed by atoms with E-state index in [4.69, 9.17) is 11.6 Å². The van der Waals surface area contributed by atoms with E-state index < -0.39 is 0 Å². The fourth-order valence-corrected chi connectivity index (χ4v) is 4.44. The fourth-order valence-electron chi connectivity index (χ4n) is 3.15. The Kier molecular flexibility index (Phi) is 6.52. The van der Waals surface area contributed by atoms with Gasteiger partial charge in [-0.3, -0.25) is 9.59 Å². The van der Waals surface area contributed by atoms with Crippen molar-refractivity contribution in [2.24, 2.45) is 0 Å². The second-order valence-corrected chi connectivity index (χ2v) is 8.29. The molecule has 5 nitrogen and oxygen atoms in total. The molecule has 1 aliphatic rings. The molecule has 2 heterocycles. The van der Waals surface area contributed by atoms with Crippen LogP contribution in [0.2, 0.25) is 5.02 Å². The molecule has 144 valence electrons. The molecule has 1 aliphatic heterocycles. The number of nitrogens with zero attached hydrogens (tertiary/aromatic N) is 2. The summed E-state index contributed by atoms with van der Waals surface area (Å²) in [4.78, 5) is 30.0. The molecule has 0 saturated carbocycles. The lowest BCUT2D eigenvalue weighted by Crippen LogP contribution is -2.35. The molecule has 0 atom stereocenters. The van der Waals surface area contributed by atoms with E-state index in [1.54, 1.807) is 29.2 Å². The lowest BCUT2D eigenvalue weighted by Gasteiger charge is -2.21. The van der Waals surface area contributed by atoms with Crippen molar-refractivity contribution in [3.8, 4) is 0 Å². The first-order chi connectivity index (χ1) is 13.0. The highest BCUT2D eigenvalue weighted by Crippen LogP contribution is 2.28. The molecule has 0 radical (unpaired) electrons. The predicted octanol–water partition coefficient (Wildman–Crippen LogP) is 4.13. The summed E-state index contributed by atoms with van der Waals surface area (Å²) in [6.45, 7) is 5.75. The van der Waals surface area contributed by atoms with Gasteiger partial charge in [-0.15, -0.1) is 11.3 Å². The van der Waals surface area contributed by atoms with Crippen molar-refractivity contribution < 1.29 is 9.59 Å². The lowest BCUT2D eigenvalue weighted by atomic mass is 10.2. The molecule has 1 saturated heterocycles. The Morgan fingerprint density at radius 3 is 2.67 bits per heavy atom. The van der Waals surface area contributed by atoms with Gasteiger partial charge >= 0.3 is 0 Å². The Bertz CT molecular complexity index is 830. The van der Waals surface area contributed by atoms with Crippen LogP contribution >= 0.6 is 22.9 Å². The number of benzene rings is 1. The molecule has 2 aromatic rings. The largest absolute Gasteiger partial charge is 0.340 e. The average Bonchev–Trinajstić information content (AvgIpc) is 3.29. The summed E-state index contributed by atoms with van der Waals surface area (Å²) in [5, 5.41) is 3.90. The van der Waals surface area contributed by atoms with Crippen LogP contribution in [0.1, 0.15) is 38.4 Å². The van der Waals surface area contributed by atoms with Gasteiger partial charge < -0.3 is 15.1 Å². The molecular weight excluding hydrogens is 382 g/mol. The fraction of sp³-hybridized carbons (Fsp3) is 0.400. The molecule has 1 fully saturated rings. The molecule has 2 amide bonds. The lowest BCUT2D eigenvalue weighted by molar-refractivity contribution is 0.0786. The van der Waals surface area contributed by atoms with E-state index in [0.717, 1.165) is 25.2 Å². The Balaban J connectivity index is 1.63. The zero-order valence-corrected chi connectivity index (χ0v) is 17.2. The number of carbonyl (C=O) groups excluding carboxylic acids is 2. The number of aryl methyl sites for hydroxylation is 1. The zero-order chi connectivity index (χ0) is 19.4. The predicted molar refractivity (Wildman–Crippen MR) is 111 cm³/mol. The van der Waals surface area contributed by atoms with Gasteiger partial charge in [-0.05, 0) is 56.6 Å². The molecule has 1 aromatic heterocycles. The van der Waals surface area contributed by atoms with Crippen molar-refractivity contribution in [1.82, 2.24) is 9.80 Å². The monoisotopic (exact) mass is 405 g/mol. The molecule has 0 spiro atoms. The van der Waals surface area contributed by atoms with Crippen molar-refractivity contribution in [3.63, 3.8) is 0 Å². The number of likely N-dealkylation sites (tertiary alicyclic amines) is 1. The molecule has 1 N–H and O–H groups in total. The summed E-state index contributed by atoms with van der Waals surface area (Å²) in [5.74, 6) is -0.279. The van der Waals surface area contributed by atoms with Gasteiger partial charge in [0.05, 0.1) is 20.5 Å². The van der Waals surface area contributed by atoms with E-state index in [-0.39, 0.29) is 11.8 Å². The summed E-state index contributed by atoms with van der Waals surface area (Å²) < 4.78 is 0. The van der Waals surface area contributed by atoms with Gasteiger partial charge in [-0.2, -0.15) is 0 Å². The van der Waals surface area contributed by atoms with Crippen LogP contribution in [0.25, 0.3) is 0 Å². The van der Waals surface area contributed by atoms with Crippen LogP contribution in [-0.2, 0) is 0 Å². The Labute approximate surface area is 168 Å². The smallest absolute Gasteiger partial charge is 0.264 e. The van der Waals surface area contributed by atoms with Crippen molar-refractivity contribution in [2.45, 2.75) is 19.8 Å². The number of halogens is 1. The molecule has 0 bridgehead atoms. The topological polar surface area (TPSA) is 52.7 Å². The van der Waals surface area contributed by atoms with Crippen LogP contribution in [-0.4, -0.2) is 54.8 Å². The van der Waals surface area contributed by atoms with Gasteiger partial charge in [-0.25, -0.2) is 0 Å². The maximum atomic E-state index is 12.8. The minimum atomic E-state index is -0.275. The van der Waals surface area contributed by atoms with Crippen LogP contribution in [0.4, 0.5) is 5.00 Å². The standard InChI is InChI=1S/C20H24ClN3O2S/c1-14-13-17(22-19(25)15-7-3-4-8-16(15)21)27-18(14)20(26)23(2)11-12-24-9-5-6-10-24/h3-4,7-8,13H,5-6,9-12H2,1-2H3,(H,22,25). The molecule has 27 heavy (non-hydrogen) atoms. The first-order valence-corrected chi connectivity index (χ1v) is 10.3. The minimum absolute atomic E-state index is 0.00469. The zero-order valence-electron chi connectivity index (χ0n) is 15.6. The van der Waals surface area contributed by atoms with Gasteiger partial charge in [0, 0.05) is 20.1 Å². The van der Waals surface area contributed by atoms with Crippen molar-refractivity contribution in [2.75, 3.05) is 38.5 Å². The number of anilines is 1. The van der Waals surface area contributed by atoms with Gasteiger partial charge in [0.1, 0.15) is 0 Å². The number of likely N-dealkylation sites (N-methyl/N-ethyl adjacent to an activating group) is 1. The molecular formula is C20H24ClN3O2S. The van der Waals surface area contributed by atoms with Gasteiger partial charge in [0.15, 0.2) is 0 Å². The summed E-state index contributed by atoms with van der Waals surface area (Å²) >= 11 is 7.38. The molecule has 1 aromatic carbocycles. The molecule has 7 heteroatoms. The Hall–Kier alpha value is -1.89. The third-order valence-corrected chi connectivity index (χ3v) is 6.23. The Morgan fingerprint density at radius 1 is 1.26 bits per heavy atom. The highest BCUT2D eigenvalue weighted by molar-refractivity contribution is 7.18. The normalized spacial score (nSPS) is 14.3. The third-order valence-electron chi connectivity index (χ3n) is 4.76. The summed E-state index contributed by atoms with van der Waals surface area (Å²) in [7, 11) is 1.83. The highest BCUT2D eigenvalue weighted by Gasteiger charge is 2.20. The van der Waals surface area contributed by atoms with E-state index in [2.05, 4.69) is 10.2 Å². The van der Waals surface area contributed by atoms with Crippen LogP contribution in [0.3, 0.4) is 0 Å². The van der Waals surface area contributed by atoms with Gasteiger partial charge in [-0.1, -0.05) is 23.7 Å². The first kappa shape index (κ1) is 19.9. The third kappa shape index (κ3) is 4.89. The van der Waals surface area contributed by atoms with Crippen LogP contribution in [0.5, 0.6) is 0 Å². The average molecular weight is 406 g/mol. The number of amides is 2. The second-order valence-electron chi connectivity index (χ2n) is 6.83. The van der Waals surface area contributed by atoms with E-state index in [9.17, 15) is 9.59 Å². The maximum absolute atomic E-state index is 12.8. The highest BCUT2D eigenvalue weighted by atomic mass is 35.5. The second kappa shape index (κ2) is 8.87. The summed E-state index contributed by atoms with van der Waals surface area (Å²) in [5.41, 5.74) is 1.29. The molecule has 0 unspecified atom stereocenters. The Morgan fingerprint density at radius 2 is 1.96 bits per heavy atom. The van der Waals surface area contributed by atoms with E-state index in [1.165, 1.54) is 24.2 Å². The van der Waals surface area contributed by atoms with Crippen LogP contribution in [0, 0.1) is 6.92 Å². The van der Waals surface area contributed by atoms with Crippen molar-refractivity contribution >= 4 is 39.8 Å². The summed E-state index contributed by atoms with van der Waals surface area (Å²) in [6.07, 6.45) is 2.49. The number of carbonyl (C=O) groups is 2. The maximum Gasteiger partial charge on any atom is 0.264 e. The number of hydrogen-bond acceptors (Lipinski definition) is 4. The number of hydrogen-bond donors (Lipinski definition) is 1. The minimum Gasteiger partial charge on any atom is -0.340 e. The van der Waals surface area contributed by atoms with E-state index in [0.29, 0.717) is 27.0 Å². The number of thiophene rings is 1. The SMILES string of the molecule is Cc1cc(NC(=O)c2ccccc2Cl)sc1C(=O)N(C)CCN1CCCC1. The van der Waals surface area contributed by atoms with Crippen molar-refractivity contribution in [1.29, 1.82) is 0 Å². The summed E-state index contributed by atoms with van der Waals surface area (Å²) in [6, 6.07) is 8.74. The number of rotatable bonds is 6. The first-order valence-electron chi connectivity index (χ1n) is 9.10. The quantitative estimate of drug-likeness (QED) is 0.786. The molecule has 3 rings (SSSR count). The van der Waals surface area contributed by atoms with E-state index >= 15 is 0 Å².